The van der Waals surface area contributed by atoms with E-state index in [1.807, 2.05) is 36.4 Å². The van der Waals surface area contributed by atoms with Crippen molar-refractivity contribution in [2.75, 3.05) is 6.61 Å². The maximum Gasteiger partial charge on any atom is 0.180 e. The van der Waals surface area contributed by atoms with Crippen LogP contribution in [0.3, 0.4) is 0 Å². The first-order valence-corrected chi connectivity index (χ1v) is 7.71. The van der Waals surface area contributed by atoms with E-state index in [0.717, 1.165) is 34.6 Å². The number of rotatable bonds is 8. The van der Waals surface area contributed by atoms with Crippen LogP contribution in [0.5, 0.6) is 5.75 Å². The molecule has 0 radical (unpaired) electrons. The number of nitrogens with zero attached hydrogens (tertiary/aromatic N) is 1. The van der Waals surface area contributed by atoms with Crippen LogP contribution >= 0.6 is 0 Å². The van der Waals surface area contributed by atoms with Gasteiger partial charge in [-0.15, -0.1) is 0 Å². The van der Waals surface area contributed by atoms with Gasteiger partial charge in [0.25, 0.3) is 0 Å². The van der Waals surface area contributed by atoms with Gasteiger partial charge < -0.3 is 9.94 Å². The normalized spacial score (nSPS) is 10.5. The molecule has 0 atom stereocenters. The Morgan fingerprint density at radius 2 is 1.48 bits per heavy atom. The molecule has 1 aromatic carbocycles. The van der Waals surface area contributed by atoms with Crippen LogP contribution in [0.25, 0.3) is 11.1 Å². The Bertz CT molecular complexity index is 520. The van der Waals surface area contributed by atoms with Gasteiger partial charge in [-0.3, -0.25) is 0 Å². The summed E-state index contributed by atoms with van der Waals surface area (Å²) in [7, 11) is 0. The van der Waals surface area contributed by atoms with Gasteiger partial charge in [0.1, 0.15) is 5.75 Å². The van der Waals surface area contributed by atoms with E-state index in [-0.39, 0.29) is 0 Å². The van der Waals surface area contributed by atoms with Gasteiger partial charge >= 0.3 is 0 Å². The number of unbranched alkanes of at least 4 members (excludes halogenated alkanes) is 4. The van der Waals surface area contributed by atoms with Crippen molar-refractivity contribution in [2.45, 2.75) is 39.0 Å². The third kappa shape index (κ3) is 5.10. The highest BCUT2D eigenvalue weighted by Gasteiger charge is 2.00. The number of hydrogen-bond donors (Lipinski definition) is 0. The summed E-state index contributed by atoms with van der Waals surface area (Å²) in [6, 6.07) is 11.7. The largest absolute Gasteiger partial charge is 0.619 e. The molecule has 0 amide bonds. The molecule has 0 aliphatic carbocycles. The van der Waals surface area contributed by atoms with Gasteiger partial charge in [0.05, 0.1) is 6.61 Å². The van der Waals surface area contributed by atoms with Gasteiger partial charge in [0.2, 0.25) is 0 Å². The van der Waals surface area contributed by atoms with E-state index in [1.54, 1.807) is 0 Å². The van der Waals surface area contributed by atoms with E-state index in [9.17, 15) is 5.21 Å². The Hall–Kier alpha value is -2.03. The maximum atomic E-state index is 11.0. The van der Waals surface area contributed by atoms with Crippen LogP contribution in [-0.2, 0) is 0 Å². The second-order valence-electron chi connectivity index (χ2n) is 5.23. The van der Waals surface area contributed by atoms with Crippen molar-refractivity contribution in [3.8, 4) is 16.9 Å². The van der Waals surface area contributed by atoms with Gasteiger partial charge in [-0.2, -0.15) is 4.73 Å². The highest BCUT2D eigenvalue weighted by Crippen LogP contribution is 2.21. The molecule has 0 spiro atoms. The van der Waals surface area contributed by atoms with Crippen molar-refractivity contribution >= 4 is 0 Å². The predicted molar refractivity (Wildman–Crippen MR) is 85.1 cm³/mol. The monoisotopic (exact) mass is 285 g/mol. The summed E-state index contributed by atoms with van der Waals surface area (Å²) in [6.07, 6.45) is 9.26. The van der Waals surface area contributed by atoms with Gasteiger partial charge in [0, 0.05) is 12.1 Å². The maximum absolute atomic E-state index is 11.0. The van der Waals surface area contributed by atoms with Crippen LogP contribution in [0.4, 0.5) is 0 Å². The summed E-state index contributed by atoms with van der Waals surface area (Å²) in [6.45, 7) is 3.01. The minimum absolute atomic E-state index is 0.782. The van der Waals surface area contributed by atoms with Crippen LogP contribution in [-0.4, -0.2) is 6.61 Å². The Balaban J connectivity index is 1.80. The molecule has 21 heavy (non-hydrogen) atoms. The first-order chi connectivity index (χ1) is 10.3. The first kappa shape index (κ1) is 15.4. The summed E-state index contributed by atoms with van der Waals surface area (Å²) < 4.78 is 6.53. The van der Waals surface area contributed by atoms with Crippen molar-refractivity contribution in [2.24, 2.45) is 0 Å². The van der Waals surface area contributed by atoms with Crippen LogP contribution < -0.4 is 9.47 Å². The molecule has 0 aliphatic rings. The third-order valence-electron chi connectivity index (χ3n) is 3.51. The topological polar surface area (TPSA) is 36.2 Å². The zero-order chi connectivity index (χ0) is 14.9. The lowest BCUT2D eigenvalue weighted by molar-refractivity contribution is -0.605. The zero-order valence-corrected chi connectivity index (χ0v) is 12.6. The van der Waals surface area contributed by atoms with Gasteiger partial charge in [-0.25, -0.2) is 0 Å². The summed E-state index contributed by atoms with van der Waals surface area (Å²) in [4.78, 5) is 0. The summed E-state index contributed by atoms with van der Waals surface area (Å²) in [5, 5.41) is 11.0. The van der Waals surface area contributed by atoms with Crippen molar-refractivity contribution in [3.05, 3.63) is 54.0 Å². The lowest BCUT2D eigenvalue weighted by Crippen LogP contribution is -2.23. The third-order valence-corrected chi connectivity index (χ3v) is 3.51. The number of aromatic nitrogens is 1. The highest BCUT2D eigenvalue weighted by molar-refractivity contribution is 5.63. The molecule has 0 bridgehead atoms. The fourth-order valence-electron chi connectivity index (χ4n) is 2.24. The number of pyridine rings is 1. The molecule has 0 N–H and O–H groups in total. The highest BCUT2D eigenvalue weighted by atomic mass is 16.5. The van der Waals surface area contributed by atoms with Crippen molar-refractivity contribution in [3.63, 3.8) is 0 Å². The smallest absolute Gasteiger partial charge is 0.180 e. The Labute approximate surface area is 126 Å². The van der Waals surface area contributed by atoms with Crippen LogP contribution in [0.15, 0.2) is 48.8 Å². The number of hydrogen-bond acceptors (Lipinski definition) is 2. The van der Waals surface area contributed by atoms with Gasteiger partial charge in [-0.1, -0.05) is 44.7 Å². The fourth-order valence-corrected chi connectivity index (χ4v) is 2.24. The molecule has 0 unspecified atom stereocenters. The van der Waals surface area contributed by atoms with Crippen LogP contribution in [0.2, 0.25) is 0 Å². The summed E-state index contributed by atoms with van der Waals surface area (Å²) >= 11 is 0. The molecule has 3 heteroatoms. The molecular formula is C18H23NO2. The second kappa shape index (κ2) is 8.30. The van der Waals surface area contributed by atoms with E-state index in [0.29, 0.717) is 0 Å². The molecule has 3 nitrogen and oxygen atoms in total. The number of benzene rings is 1. The van der Waals surface area contributed by atoms with Crippen LogP contribution in [0.1, 0.15) is 39.0 Å². The molecule has 0 fully saturated rings. The zero-order valence-electron chi connectivity index (χ0n) is 12.6. The van der Waals surface area contributed by atoms with E-state index < -0.39 is 0 Å². The second-order valence-corrected chi connectivity index (χ2v) is 5.23. The van der Waals surface area contributed by atoms with Crippen LogP contribution in [0, 0.1) is 5.21 Å². The molecule has 112 valence electrons. The summed E-state index contributed by atoms with van der Waals surface area (Å²) in [5.41, 5.74) is 2.12. The van der Waals surface area contributed by atoms with Crippen molar-refractivity contribution in [1.82, 2.24) is 0 Å². The molecule has 0 saturated heterocycles. The predicted octanol–water partition coefficient (Wildman–Crippen LogP) is 4.34. The molecular weight excluding hydrogens is 262 g/mol. The standard InChI is InChI=1S/C18H23NO2/c1-2-3-4-5-6-15-21-18-9-7-16(8-10-18)17-11-13-19(20)14-12-17/h7-14H,2-6,15H2,1H3. The molecule has 2 rings (SSSR count). The van der Waals surface area contributed by atoms with E-state index >= 15 is 0 Å². The van der Waals surface area contributed by atoms with Gasteiger partial charge in [0.15, 0.2) is 12.4 Å². The molecule has 0 saturated carbocycles. The van der Waals surface area contributed by atoms with Gasteiger partial charge in [-0.05, 0) is 29.7 Å². The average Bonchev–Trinajstić information content (AvgIpc) is 2.52. The lowest BCUT2D eigenvalue weighted by atomic mass is 10.1. The number of ether oxygens (including phenoxy) is 1. The summed E-state index contributed by atoms with van der Waals surface area (Å²) in [5.74, 6) is 0.907. The van der Waals surface area contributed by atoms with E-state index in [1.165, 1.54) is 38.1 Å². The Kier molecular flexibility index (Phi) is 6.07. The fraction of sp³-hybridized carbons (Fsp3) is 0.389. The molecule has 2 aromatic rings. The van der Waals surface area contributed by atoms with E-state index in [2.05, 4.69) is 6.92 Å². The van der Waals surface area contributed by atoms with E-state index in [4.69, 9.17) is 4.74 Å². The average molecular weight is 285 g/mol. The van der Waals surface area contributed by atoms with Crippen molar-refractivity contribution in [1.29, 1.82) is 0 Å². The quantitative estimate of drug-likeness (QED) is 0.411. The molecule has 0 aliphatic heterocycles. The lowest BCUT2D eigenvalue weighted by Gasteiger charge is -2.07. The molecule has 1 aromatic heterocycles. The first-order valence-electron chi connectivity index (χ1n) is 7.71. The Morgan fingerprint density at radius 3 is 2.14 bits per heavy atom. The van der Waals surface area contributed by atoms with Crippen molar-refractivity contribution < 1.29 is 9.47 Å². The SMILES string of the molecule is CCCCCCCOc1ccc(-c2cc[n+]([O-])cc2)cc1. The minimum Gasteiger partial charge on any atom is -0.619 e. The molecule has 1 heterocycles. The minimum atomic E-state index is 0.782. The Morgan fingerprint density at radius 1 is 0.857 bits per heavy atom.